The zero-order valence-corrected chi connectivity index (χ0v) is 25.8. The Morgan fingerprint density at radius 1 is 1.05 bits per heavy atom. The van der Waals surface area contributed by atoms with Crippen molar-refractivity contribution < 1.29 is 27.5 Å². The van der Waals surface area contributed by atoms with Gasteiger partial charge in [0.05, 0.1) is 11.9 Å². The summed E-state index contributed by atoms with van der Waals surface area (Å²) in [5.41, 5.74) is 0.450. The number of sulfonamides is 1. The number of rotatable bonds is 11. The van der Waals surface area contributed by atoms with Gasteiger partial charge < -0.3 is 19.7 Å². The highest BCUT2D eigenvalue weighted by atomic mass is 35.5. The number of nitrogens with one attached hydrogen (secondary N) is 1. The number of fused-ring (bicyclic) bond motifs is 1. The van der Waals surface area contributed by atoms with E-state index in [0.717, 1.165) is 6.26 Å². The van der Waals surface area contributed by atoms with Crippen LogP contribution in [-0.4, -0.2) is 62.7 Å². The number of nitrogens with zero attached hydrogens (tertiary/aromatic N) is 2. The number of ether oxygens (including phenoxy) is 2. The number of amides is 2. The first-order valence-corrected chi connectivity index (χ1v) is 15.7. The topological polar surface area (TPSA) is 105 Å². The van der Waals surface area contributed by atoms with Gasteiger partial charge in [-0.1, -0.05) is 36.2 Å². The van der Waals surface area contributed by atoms with Crippen LogP contribution in [0.3, 0.4) is 0 Å². The number of hydrogen-bond acceptors (Lipinski definition) is 6. The second-order valence-corrected chi connectivity index (χ2v) is 13.4. The van der Waals surface area contributed by atoms with Crippen molar-refractivity contribution in [2.45, 2.75) is 65.1 Å². The quantitative estimate of drug-likeness (QED) is 0.381. The lowest BCUT2D eigenvalue weighted by Gasteiger charge is -2.33. The van der Waals surface area contributed by atoms with Crippen LogP contribution in [0, 0.1) is 0 Å². The van der Waals surface area contributed by atoms with Crippen LogP contribution in [0.5, 0.6) is 11.5 Å². The molecule has 0 aromatic heterocycles. The van der Waals surface area contributed by atoms with Gasteiger partial charge in [0.2, 0.25) is 21.8 Å². The fraction of sp³-hybridized carbons (Fsp3) is 0.500. The lowest BCUT2D eigenvalue weighted by molar-refractivity contribution is -0.142. The van der Waals surface area contributed by atoms with Gasteiger partial charge in [-0.3, -0.25) is 13.9 Å². The Labute approximate surface area is 246 Å². The molecule has 0 saturated carbocycles. The molecule has 0 spiro atoms. The average molecular weight is 615 g/mol. The van der Waals surface area contributed by atoms with E-state index in [9.17, 15) is 18.0 Å². The van der Waals surface area contributed by atoms with E-state index in [0.29, 0.717) is 52.4 Å². The Hall–Kier alpha value is -2.69. The maximum atomic E-state index is 13.7. The summed E-state index contributed by atoms with van der Waals surface area (Å²) in [7, 11) is -3.66. The molecule has 0 saturated heterocycles. The second-order valence-electron chi connectivity index (χ2n) is 10.7. The van der Waals surface area contributed by atoms with Gasteiger partial charge in [-0.15, -0.1) is 0 Å². The maximum Gasteiger partial charge on any atom is 0.243 e. The van der Waals surface area contributed by atoms with Crippen LogP contribution in [0.1, 0.15) is 52.5 Å². The zero-order chi connectivity index (χ0) is 29.7. The summed E-state index contributed by atoms with van der Waals surface area (Å²) in [4.78, 5) is 28.4. The monoisotopic (exact) mass is 613 g/mol. The van der Waals surface area contributed by atoms with Crippen LogP contribution in [0.15, 0.2) is 36.4 Å². The third kappa shape index (κ3) is 8.41. The third-order valence-electron chi connectivity index (χ3n) is 6.24. The van der Waals surface area contributed by atoms with Crippen LogP contribution in [0.25, 0.3) is 0 Å². The predicted molar refractivity (Wildman–Crippen MR) is 158 cm³/mol. The highest BCUT2D eigenvalue weighted by Gasteiger charge is 2.31. The largest absolute Gasteiger partial charge is 0.486 e. The summed E-state index contributed by atoms with van der Waals surface area (Å²) in [6.45, 7) is 8.31. The summed E-state index contributed by atoms with van der Waals surface area (Å²) >= 11 is 12.8. The normalized spacial score (nSPS) is 13.9. The summed E-state index contributed by atoms with van der Waals surface area (Å²) in [6, 6.07) is 9.23. The molecule has 0 aliphatic carbocycles. The van der Waals surface area contributed by atoms with Crippen molar-refractivity contribution in [1.82, 2.24) is 10.2 Å². The Bertz CT molecular complexity index is 1310. The molecule has 0 unspecified atom stereocenters. The molecular formula is C28H37Cl2N3O6S. The molecule has 0 bridgehead atoms. The molecule has 1 heterocycles. The first-order chi connectivity index (χ1) is 18.7. The Balaban J connectivity index is 1.82. The van der Waals surface area contributed by atoms with Gasteiger partial charge in [0.25, 0.3) is 0 Å². The molecule has 1 atom stereocenters. The molecule has 40 heavy (non-hydrogen) atoms. The smallest absolute Gasteiger partial charge is 0.243 e. The van der Waals surface area contributed by atoms with E-state index in [1.165, 1.54) is 9.21 Å². The molecule has 3 rings (SSSR count). The molecular weight excluding hydrogens is 577 g/mol. The first kappa shape index (κ1) is 31.8. The minimum absolute atomic E-state index is 0.00204. The van der Waals surface area contributed by atoms with Crippen LogP contribution in [0.2, 0.25) is 10.0 Å². The molecule has 9 nitrogen and oxygen atoms in total. The number of hydrogen-bond donors (Lipinski definition) is 1. The summed E-state index contributed by atoms with van der Waals surface area (Å²) < 4.78 is 37.7. The standard InChI is InChI=1S/C28H37Cl2N3O6S/c1-6-23(27(35)31-28(2,3)4)32(18-20-21(29)9-7-10-22(20)30)26(34)11-8-14-33(40(5,36)37)19-12-13-24-25(17-19)39-16-15-38-24/h7,9-10,12-13,17,23H,6,8,11,14-16,18H2,1-5H3,(H,31,35)/t23-/m1/s1. The third-order valence-corrected chi connectivity index (χ3v) is 8.14. The average Bonchev–Trinajstić information content (AvgIpc) is 2.86. The van der Waals surface area contributed by atoms with Gasteiger partial charge in [-0.05, 0) is 57.9 Å². The summed E-state index contributed by atoms with van der Waals surface area (Å²) in [5, 5.41) is 3.73. The van der Waals surface area contributed by atoms with Crippen LogP contribution < -0.4 is 19.1 Å². The van der Waals surface area contributed by atoms with Gasteiger partial charge in [0.15, 0.2) is 11.5 Å². The van der Waals surface area contributed by atoms with Gasteiger partial charge in [0, 0.05) is 46.7 Å². The second kappa shape index (κ2) is 13.3. The Kier molecular flexibility index (Phi) is 10.6. The molecule has 220 valence electrons. The molecule has 2 amide bonds. The van der Waals surface area contributed by atoms with E-state index in [2.05, 4.69) is 5.32 Å². The van der Waals surface area contributed by atoms with E-state index in [1.54, 1.807) is 36.4 Å². The van der Waals surface area contributed by atoms with Crippen molar-refractivity contribution in [2.24, 2.45) is 0 Å². The fourth-order valence-electron chi connectivity index (χ4n) is 4.42. The molecule has 1 aliphatic rings. The lowest BCUT2D eigenvalue weighted by atomic mass is 10.0. The van der Waals surface area contributed by atoms with E-state index in [1.807, 2.05) is 27.7 Å². The maximum absolute atomic E-state index is 13.7. The summed E-state index contributed by atoms with van der Waals surface area (Å²) in [6.07, 6.45) is 1.69. The number of carbonyl (C=O) groups is 2. The molecule has 2 aromatic rings. The molecule has 2 aromatic carbocycles. The number of anilines is 1. The van der Waals surface area contributed by atoms with Gasteiger partial charge in [-0.2, -0.15) is 0 Å². The highest BCUT2D eigenvalue weighted by Crippen LogP contribution is 2.35. The molecule has 0 fully saturated rings. The predicted octanol–water partition coefficient (Wildman–Crippen LogP) is 5.03. The van der Waals surface area contributed by atoms with Crippen molar-refractivity contribution in [3.05, 3.63) is 52.0 Å². The SMILES string of the molecule is CC[C@H](C(=O)NC(C)(C)C)N(Cc1c(Cl)cccc1Cl)C(=O)CCCN(c1ccc2c(c1)OCCO2)S(C)(=O)=O. The first-order valence-electron chi connectivity index (χ1n) is 13.1. The van der Waals surface area contributed by atoms with Crippen LogP contribution in [0.4, 0.5) is 5.69 Å². The van der Waals surface area contributed by atoms with Gasteiger partial charge in [-0.25, -0.2) is 8.42 Å². The minimum Gasteiger partial charge on any atom is -0.486 e. The van der Waals surface area contributed by atoms with Crippen molar-refractivity contribution in [2.75, 3.05) is 30.3 Å². The number of halogens is 2. The van der Waals surface area contributed by atoms with Crippen molar-refractivity contribution in [1.29, 1.82) is 0 Å². The lowest BCUT2D eigenvalue weighted by Crippen LogP contribution is -2.53. The Morgan fingerprint density at radius 3 is 2.25 bits per heavy atom. The molecule has 1 N–H and O–H groups in total. The van der Waals surface area contributed by atoms with Gasteiger partial charge in [0.1, 0.15) is 19.3 Å². The summed E-state index contributed by atoms with van der Waals surface area (Å²) in [5.74, 6) is 0.404. The number of carbonyl (C=O) groups excluding carboxylic acids is 2. The van der Waals surface area contributed by atoms with E-state index in [-0.39, 0.29) is 37.7 Å². The minimum atomic E-state index is -3.66. The molecule has 0 radical (unpaired) electrons. The van der Waals surface area contributed by atoms with Crippen molar-refractivity contribution >= 4 is 50.7 Å². The molecule has 1 aliphatic heterocycles. The zero-order valence-electron chi connectivity index (χ0n) is 23.5. The molecule has 12 heteroatoms. The van der Waals surface area contributed by atoms with Crippen molar-refractivity contribution in [3.8, 4) is 11.5 Å². The van der Waals surface area contributed by atoms with Crippen LogP contribution in [-0.2, 0) is 26.2 Å². The van der Waals surface area contributed by atoms with Gasteiger partial charge >= 0.3 is 0 Å². The van der Waals surface area contributed by atoms with Crippen LogP contribution >= 0.6 is 23.2 Å². The van der Waals surface area contributed by atoms with E-state index in [4.69, 9.17) is 32.7 Å². The number of benzene rings is 2. The Morgan fingerprint density at radius 2 is 1.68 bits per heavy atom. The van der Waals surface area contributed by atoms with Crippen molar-refractivity contribution in [3.63, 3.8) is 0 Å². The highest BCUT2D eigenvalue weighted by molar-refractivity contribution is 7.92. The van der Waals surface area contributed by atoms with E-state index < -0.39 is 21.6 Å². The fourth-order valence-corrected chi connectivity index (χ4v) is 5.89. The van der Waals surface area contributed by atoms with E-state index >= 15 is 0 Å².